The van der Waals surface area contributed by atoms with Crippen LogP contribution in [0.1, 0.15) is 36.2 Å². The van der Waals surface area contributed by atoms with Gasteiger partial charge in [-0.2, -0.15) is 5.26 Å². The third kappa shape index (κ3) is 10.6. The SMILES string of the molecule is CCOC(=O)CC#N.CCOC(=O)c1cc(-c2ccccc2)sc1N.O=CCc1ccccc1. The minimum absolute atomic E-state index is 0.145. The lowest BCUT2D eigenvalue weighted by atomic mass is 10.1. The highest BCUT2D eigenvalue weighted by Gasteiger charge is 2.15. The summed E-state index contributed by atoms with van der Waals surface area (Å²) in [4.78, 5) is 32.8. The monoisotopic (exact) mass is 480 g/mol. The summed E-state index contributed by atoms with van der Waals surface area (Å²) in [6.45, 7) is 4.18. The van der Waals surface area contributed by atoms with Crippen molar-refractivity contribution in [1.82, 2.24) is 0 Å². The smallest absolute Gasteiger partial charge is 0.341 e. The molecule has 178 valence electrons. The van der Waals surface area contributed by atoms with Gasteiger partial charge in [0.1, 0.15) is 17.7 Å². The van der Waals surface area contributed by atoms with Gasteiger partial charge in [0.25, 0.3) is 0 Å². The molecule has 2 N–H and O–H groups in total. The number of esters is 2. The van der Waals surface area contributed by atoms with Gasteiger partial charge >= 0.3 is 11.9 Å². The average Bonchev–Trinajstić information content (AvgIpc) is 3.24. The minimum Gasteiger partial charge on any atom is -0.465 e. The Hall–Kier alpha value is -3.96. The fourth-order valence-corrected chi connectivity index (χ4v) is 3.42. The van der Waals surface area contributed by atoms with Gasteiger partial charge < -0.3 is 20.0 Å². The Morgan fingerprint density at radius 2 is 1.59 bits per heavy atom. The summed E-state index contributed by atoms with van der Waals surface area (Å²) in [5.74, 6) is -0.807. The maximum atomic E-state index is 11.6. The Balaban J connectivity index is 0.000000287. The molecule has 8 heteroatoms. The van der Waals surface area contributed by atoms with Gasteiger partial charge in [-0.1, -0.05) is 60.7 Å². The lowest BCUT2D eigenvalue weighted by Crippen LogP contribution is -2.05. The molecule has 0 saturated heterocycles. The molecule has 0 amide bonds. The second-order valence-electron chi connectivity index (χ2n) is 6.47. The Morgan fingerprint density at radius 3 is 2.12 bits per heavy atom. The van der Waals surface area contributed by atoms with E-state index in [1.807, 2.05) is 60.7 Å². The first-order valence-electron chi connectivity index (χ1n) is 10.6. The highest BCUT2D eigenvalue weighted by molar-refractivity contribution is 7.19. The van der Waals surface area contributed by atoms with Crippen molar-refractivity contribution in [3.8, 4) is 16.5 Å². The second-order valence-corrected chi connectivity index (χ2v) is 7.56. The Labute approximate surface area is 203 Å². The van der Waals surface area contributed by atoms with Crippen molar-refractivity contribution < 1.29 is 23.9 Å². The largest absolute Gasteiger partial charge is 0.465 e. The van der Waals surface area contributed by atoms with Crippen molar-refractivity contribution in [2.45, 2.75) is 26.7 Å². The number of carbonyl (C=O) groups is 3. The summed E-state index contributed by atoms with van der Waals surface area (Å²) in [7, 11) is 0. The molecule has 2 aromatic carbocycles. The molecule has 1 heterocycles. The standard InChI is InChI=1S/C13H13NO2S.C8H8O.C5H7NO2/c1-2-16-13(15)10-8-11(17-12(10)14)9-6-4-3-5-7-9;9-7-6-8-4-2-1-3-5-8;1-2-8-5(7)3-4-6/h3-8H,2,14H2,1H3;1-5,7H,6H2;2-3H2,1H3. The number of nitrogens with zero attached hydrogens (tertiary/aromatic N) is 1. The third-order valence-electron chi connectivity index (χ3n) is 4.01. The molecular formula is C26H28N2O5S. The van der Waals surface area contributed by atoms with E-state index in [0.29, 0.717) is 30.2 Å². The molecule has 0 aliphatic rings. The Morgan fingerprint density at radius 1 is 1.00 bits per heavy atom. The topological polar surface area (TPSA) is 119 Å². The number of nitrogens with two attached hydrogens (primary N) is 1. The second kappa shape index (κ2) is 16.6. The molecule has 3 aromatic rings. The van der Waals surface area contributed by atoms with Crippen LogP contribution in [0, 0.1) is 11.3 Å². The molecule has 0 aliphatic heterocycles. The number of hydrogen-bond donors (Lipinski definition) is 1. The molecule has 1 aromatic heterocycles. The molecule has 3 rings (SSSR count). The predicted octanol–water partition coefficient (Wildman–Crippen LogP) is 5.07. The number of aldehydes is 1. The molecule has 0 atom stereocenters. The highest BCUT2D eigenvalue weighted by atomic mass is 32.1. The van der Waals surface area contributed by atoms with Gasteiger partial charge in [-0.15, -0.1) is 11.3 Å². The van der Waals surface area contributed by atoms with Crippen LogP contribution < -0.4 is 5.73 Å². The first-order valence-corrected chi connectivity index (χ1v) is 11.4. The number of ether oxygens (including phenoxy) is 2. The summed E-state index contributed by atoms with van der Waals surface area (Å²) in [6.07, 6.45) is 1.30. The third-order valence-corrected chi connectivity index (χ3v) is 5.02. The minimum atomic E-state index is -0.449. The molecule has 0 unspecified atom stereocenters. The molecule has 0 aliphatic carbocycles. The van der Waals surface area contributed by atoms with Crippen molar-refractivity contribution in [3.05, 3.63) is 77.9 Å². The van der Waals surface area contributed by atoms with Crippen LogP contribution in [0.15, 0.2) is 66.7 Å². The zero-order valence-corrected chi connectivity index (χ0v) is 20.0. The lowest BCUT2D eigenvalue weighted by molar-refractivity contribution is -0.141. The highest BCUT2D eigenvalue weighted by Crippen LogP contribution is 2.33. The number of hydrogen-bond acceptors (Lipinski definition) is 8. The van der Waals surface area contributed by atoms with Crippen molar-refractivity contribution in [2.24, 2.45) is 0 Å². The molecule has 0 radical (unpaired) electrons. The number of nitriles is 1. The van der Waals surface area contributed by atoms with Gasteiger partial charge in [0.05, 0.1) is 24.8 Å². The molecule has 0 bridgehead atoms. The molecule has 34 heavy (non-hydrogen) atoms. The van der Waals surface area contributed by atoms with Crippen molar-refractivity contribution in [1.29, 1.82) is 5.26 Å². The first-order chi connectivity index (χ1) is 16.5. The van der Waals surface area contributed by atoms with E-state index < -0.39 is 5.97 Å². The van der Waals surface area contributed by atoms with Gasteiger partial charge in [-0.05, 0) is 31.0 Å². The van der Waals surface area contributed by atoms with Crippen LogP contribution in [-0.4, -0.2) is 31.4 Å². The fraction of sp³-hybridized carbons (Fsp3) is 0.231. The summed E-state index contributed by atoms with van der Waals surface area (Å²) in [6, 6.07) is 23.0. The van der Waals surface area contributed by atoms with Crippen molar-refractivity contribution in [2.75, 3.05) is 18.9 Å². The van der Waals surface area contributed by atoms with Crippen LogP contribution in [0.3, 0.4) is 0 Å². The van der Waals surface area contributed by atoms with Crippen molar-refractivity contribution in [3.63, 3.8) is 0 Å². The van der Waals surface area contributed by atoms with E-state index in [9.17, 15) is 14.4 Å². The molecule has 7 nitrogen and oxygen atoms in total. The number of anilines is 1. The van der Waals surface area contributed by atoms with Crippen LogP contribution >= 0.6 is 11.3 Å². The van der Waals surface area contributed by atoms with E-state index in [1.54, 1.807) is 26.0 Å². The average molecular weight is 481 g/mol. The summed E-state index contributed by atoms with van der Waals surface area (Å²) >= 11 is 1.40. The lowest BCUT2D eigenvalue weighted by Gasteiger charge is -1.98. The number of benzene rings is 2. The summed E-state index contributed by atoms with van der Waals surface area (Å²) in [5, 5.41) is 8.41. The number of thiophene rings is 1. The van der Waals surface area contributed by atoms with Crippen LogP contribution in [0.5, 0.6) is 0 Å². The van der Waals surface area contributed by atoms with Gasteiger partial charge in [0, 0.05) is 11.3 Å². The fourth-order valence-electron chi connectivity index (χ4n) is 2.51. The van der Waals surface area contributed by atoms with Gasteiger partial charge in [-0.3, -0.25) is 4.79 Å². The van der Waals surface area contributed by atoms with E-state index in [-0.39, 0.29) is 12.4 Å². The van der Waals surface area contributed by atoms with E-state index in [2.05, 4.69) is 4.74 Å². The van der Waals surface area contributed by atoms with Gasteiger partial charge in [0.15, 0.2) is 0 Å². The molecule has 0 spiro atoms. The van der Waals surface area contributed by atoms with Crippen molar-refractivity contribution >= 4 is 34.6 Å². The predicted molar refractivity (Wildman–Crippen MR) is 133 cm³/mol. The van der Waals surface area contributed by atoms with Gasteiger partial charge in [-0.25, -0.2) is 4.79 Å². The maximum Gasteiger partial charge on any atom is 0.341 e. The summed E-state index contributed by atoms with van der Waals surface area (Å²) < 4.78 is 9.37. The number of rotatable bonds is 7. The number of nitrogen functional groups attached to an aromatic ring is 1. The maximum absolute atomic E-state index is 11.6. The van der Waals surface area contributed by atoms with Gasteiger partial charge in [0.2, 0.25) is 0 Å². The molecule has 0 fully saturated rings. The molecular weight excluding hydrogens is 452 g/mol. The zero-order chi connectivity index (χ0) is 25.2. The normalized spacial score (nSPS) is 9.21. The summed E-state index contributed by atoms with van der Waals surface area (Å²) in [5.41, 5.74) is 8.41. The van der Waals surface area contributed by atoms with E-state index in [1.165, 1.54) is 11.3 Å². The Kier molecular flexibility index (Phi) is 13.7. The quantitative estimate of drug-likeness (QED) is 0.370. The van der Waals surface area contributed by atoms with Crippen LogP contribution in [0.25, 0.3) is 10.4 Å². The van der Waals surface area contributed by atoms with Crippen LogP contribution in [0.2, 0.25) is 0 Å². The zero-order valence-electron chi connectivity index (χ0n) is 19.2. The van der Waals surface area contributed by atoms with Crippen LogP contribution in [-0.2, 0) is 25.5 Å². The van der Waals surface area contributed by atoms with E-state index in [0.717, 1.165) is 22.3 Å². The van der Waals surface area contributed by atoms with E-state index >= 15 is 0 Å². The van der Waals surface area contributed by atoms with Crippen LogP contribution in [0.4, 0.5) is 5.00 Å². The Bertz CT molecular complexity index is 1060. The van der Waals surface area contributed by atoms with E-state index in [4.69, 9.17) is 15.7 Å². The molecule has 0 saturated carbocycles. The number of carbonyl (C=O) groups excluding carboxylic acids is 3. The first kappa shape index (κ1) is 28.1.